The van der Waals surface area contributed by atoms with Gasteiger partial charge in [0.15, 0.2) is 0 Å². The molecule has 0 aromatic rings. The number of carbonyl (C=O) groups excluding carboxylic acids is 1. The van der Waals surface area contributed by atoms with Crippen molar-refractivity contribution in [1.29, 1.82) is 0 Å². The van der Waals surface area contributed by atoms with Crippen LogP contribution in [0.4, 0.5) is 0 Å². The largest absolute Gasteiger partial charge is 0.494 e. The first-order chi connectivity index (χ1) is 6.20. The highest BCUT2D eigenvalue weighted by atomic mass is 16.5. The Bertz CT molecular complexity index is 168. The van der Waals surface area contributed by atoms with Crippen LogP contribution >= 0.6 is 0 Å². The maximum absolute atomic E-state index is 10.9. The Balaban J connectivity index is 3.25. The molecule has 76 valence electrons. The van der Waals surface area contributed by atoms with Gasteiger partial charge in [-0.3, -0.25) is 4.79 Å². The summed E-state index contributed by atoms with van der Waals surface area (Å²) in [5, 5.41) is 11.2. The minimum atomic E-state index is -0.178. The van der Waals surface area contributed by atoms with Crippen LogP contribution in [-0.4, -0.2) is 30.8 Å². The molecule has 0 aliphatic heterocycles. The molecule has 2 N–H and O–H groups in total. The second kappa shape index (κ2) is 7.61. The molecule has 13 heavy (non-hydrogen) atoms. The van der Waals surface area contributed by atoms with E-state index in [9.17, 15) is 4.79 Å². The van der Waals surface area contributed by atoms with Gasteiger partial charge in [-0.1, -0.05) is 13.5 Å². The van der Waals surface area contributed by atoms with E-state index in [0.717, 1.165) is 6.42 Å². The van der Waals surface area contributed by atoms with Gasteiger partial charge in [-0.2, -0.15) is 0 Å². The van der Waals surface area contributed by atoms with Crippen LogP contribution in [0.25, 0.3) is 0 Å². The van der Waals surface area contributed by atoms with Gasteiger partial charge < -0.3 is 15.2 Å². The highest BCUT2D eigenvalue weighted by Gasteiger charge is 1.97. The van der Waals surface area contributed by atoms with Crippen LogP contribution in [0.15, 0.2) is 12.3 Å². The maximum Gasteiger partial charge on any atom is 0.220 e. The predicted octanol–water partition coefficient (Wildman–Crippen LogP) is 0.425. The molecule has 0 saturated heterocycles. The minimum Gasteiger partial charge on any atom is -0.494 e. The van der Waals surface area contributed by atoms with Crippen molar-refractivity contribution in [2.45, 2.75) is 19.8 Å². The third-order valence-electron chi connectivity index (χ3n) is 1.38. The van der Waals surface area contributed by atoms with Gasteiger partial charge in [0.1, 0.15) is 12.4 Å². The molecular weight excluding hydrogens is 170 g/mol. The van der Waals surface area contributed by atoms with Crippen molar-refractivity contribution in [3.05, 3.63) is 12.3 Å². The van der Waals surface area contributed by atoms with Gasteiger partial charge in [-0.05, 0) is 6.42 Å². The summed E-state index contributed by atoms with van der Waals surface area (Å²) in [7, 11) is 0. The smallest absolute Gasteiger partial charge is 0.220 e. The standard InChI is InChI=1S/C9H17NO3/c1-3-4-9(12)10-5-6-13-8(2)7-11/h11H,2-7H2,1H3,(H,10,12). The van der Waals surface area contributed by atoms with E-state index in [4.69, 9.17) is 9.84 Å². The van der Waals surface area contributed by atoms with E-state index in [1.807, 2.05) is 6.92 Å². The molecule has 0 rings (SSSR count). The number of rotatable bonds is 7. The van der Waals surface area contributed by atoms with Crippen LogP contribution in [-0.2, 0) is 9.53 Å². The zero-order valence-electron chi connectivity index (χ0n) is 8.01. The van der Waals surface area contributed by atoms with E-state index in [0.29, 0.717) is 25.3 Å². The van der Waals surface area contributed by atoms with Crippen molar-refractivity contribution in [3.63, 3.8) is 0 Å². The number of ether oxygens (including phenoxy) is 1. The molecule has 4 nitrogen and oxygen atoms in total. The van der Waals surface area contributed by atoms with E-state index in [2.05, 4.69) is 11.9 Å². The fourth-order valence-corrected chi connectivity index (χ4v) is 0.747. The van der Waals surface area contributed by atoms with Gasteiger partial charge in [-0.25, -0.2) is 0 Å². The van der Waals surface area contributed by atoms with Crippen LogP contribution in [0.3, 0.4) is 0 Å². The summed E-state index contributed by atoms with van der Waals surface area (Å²) in [4.78, 5) is 10.9. The summed E-state index contributed by atoms with van der Waals surface area (Å²) in [5.41, 5.74) is 0. The van der Waals surface area contributed by atoms with Gasteiger partial charge in [0.2, 0.25) is 5.91 Å². The van der Waals surface area contributed by atoms with Crippen molar-refractivity contribution >= 4 is 5.91 Å². The van der Waals surface area contributed by atoms with Crippen LogP contribution in [0.5, 0.6) is 0 Å². The molecule has 0 atom stereocenters. The molecule has 0 radical (unpaired) electrons. The minimum absolute atomic E-state index is 0.0284. The third kappa shape index (κ3) is 7.33. The Morgan fingerprint density at radius 1 is 1.62 bits per heavy atom. The Labute approximate surface area is 78.6 Å². The lowest BCUT2D eigenvalue weighted by Crippen LogP contribution is -2.26. The summed E-state index contributed by atoms with van der Waals surface area (Å²) in [6.45, 7) is 6.02. The lowest BCUT2D eigenvalue weighted by Gasteiger charge is -2.07. The van der Waals surface area contributed by atoms with E-state index < -0.39 is 0 Å². The molecule has 0 unspecified atom stereocenters. The number of aliphatic hydroxyl groups is 1. The molecule has 0 aliphatic rings. The highest BCUT2D eigenvalue weighted by molar-refractivity contribution is 5.75. The number of nitrogens with one attached hydrogen (secondary N) is 1. The molecule has 0 saturated carbocycles. The molecule has 4 heteroatoms. The average molecular weight is 187 g/mol. The normalized spacial score (nSPS) is 9.38. The summed E-state index contributed by atoms with van der Waals surface area (Å²) < 4.78 is 4.96. The fraction of sp³-hybridized carbons (Fsp3) is 0.667. The summed E-state index contributed by atoms with van der Waals surface area (Å²) >= 11 is 0. The fourth-order valence-electron chi connectivity index (χ4n) is 0.747. The zero-order chi connectivity index (χ0) is 10.1. The summed E-state index contributed by atoms with van der Waals surface area (Å²) in [5.74, 6) is 0.352. The van der Waals surface area contributed by atoms with Crippen molar-refractivity contribution < 1.29 is 14.6 Å². The number of hydrogen-bond acceptors (Lipinski definition) is 3. The second-order valence-electron chi connectivity index (χ2n) is 2.65. The molecular formula is C9H17NO3. The van der Waals surface area contributed by atoms with Crippen molar-refractivity contribution in [1.82, 2.24) is 5.32 Å². The van der Waals surface area contributed by atoms with Gasteiger partial charge in [-0.15, -0.1) is 0 Å². The molecule has 0 aliphatic carbocycles. The van der Waals surface area contributed by atoms with E-state index in [1.165, 1.54) is 0 Å². The van der Waals surface area contributed by atoms with Crippen molar-refractivity contribution in [2.75, 3.05) is 19.8 Å². The maximum atomic E-state index is 10.9. The third-order valence-corrected chi connectivity index (χ3v) is 1.38. The van der Waals surface area contributed by atoms with Gasteiger partial charge in [0.25, 0.3) is 0 Å². The molecule has 0 heterocycles. The Hall–Kier alpha value is -1.03. The first-order valence-electron chi connectivity index (χ1n) is 4.38. The summed E-state index contributed by atoms with van der Waals surface area (Å²) in [6, 6.07) is 0. The van der Waals surface area contributed by atoms with E-state index in [1.54, 1.807) is 0 Å². The Morgan fingerprint density at radius 2 is 2.31 bits per heavy atom. The zero-order valence-corrected chi connectivity index (χ0v) is 8.01. The van der Waals surface area contributed by atoms with Gasteiger partial charge >= 0.3 is 0 Å². The van der Waals surface area contributed by atoms with Crippen LogP contribution in [0.1, 0.15) is 19.8 Å². The van der Waals surface area contributed by atoms with Gasteiger partial charge in [0.05, 0.1) is 13.2 Å². The first-order valence-corrected chi connectivity index (χ1v) is 4.38. The second-order valence-corrected chi connectivity index (χ2v) is 2.65. The quantitative estimate of drug-likeness (QED) is 0.448. The monoisotopic (exact) mass is 187 g/mol. The van der Waals surface area contributed by atoms with Crippen molar-refractivity contribution in [2.24, 2.45) is 0 Å². The average Bonchev–Trinajstić information content (AvgIpc) is 2.12. The topological polar surface area (TPSA) is 58.6 Å². The number of hydrogen-bond donors (Lipinski definition) is 2. The van der Waals surface area contributed by atoms with Crippen molar-refractivity contribution in [3.8, 4) is 0 Å². The lowest BCUT2D eigenvalue weighted by molar-refractivity contribution is -0.121. The summed E-state index contributed by atoms with van der Waals surface area (Å²) in [6.07, 6.45) is 1.39. The van der Waals surface area contributed by atoms with Crippen LogP contribution < -0.4 is 5.32 Å². The van der Waals surface area contributed by atoms with Crippen LogP contribution in [0, 0.1) is 0 Å². The Kier molecular flexibility index (Phi) is 7.01. The number of amides is 1. The molecule has 0 spiro atoms. The molecule has 0 aromatic heterocycles. The molecule has 0 bridgehead atoms. The first kappa shape index (κ1) is 12.0. The SMILES string of the molecule is C=C(CO)OCCNC(=O)CCC. The molecule has 1 amide bonds. The predicted molar refractivity (Wildman–Crippen MR) is 50.1 cm³/mol. The highest BCUT2D eigenvalue weighted by Crippen LogP contribution is 1.89. The number of carbonyl (C=O) groups is 1. The Morgan fingerprint density at radius 3 is 2.85 bits per heavy atom. The lowest BCUT2D eigenvalue weighted by atomic mass is 10.3. The molecule has 0 aromatic carbocycles. The van der Waals surface area contributed by atoms with E-state index >= 15 is 0 Å². The molecule has 0 fully saturated rings. The number of aliphatic hydroxyl groups excluding tert-OH is 1. The van der Waals surface area contributed by atoms with Gasteiger partial charge in [0, 0.05) is 6.42 Å². The van der Waals surface area contributed by atoms with E-state index in [-0.39, 0.29) is 12.5 Å². The van der Waals surface area contributed by atoms with Crippen LogP contribution in [0.2, 0.25) is 0 Å².